The van der Waals surface area contributed by atoms with E-state index in [0.717, 1.165) is 0 Å². The minimum Gasteiger partial charge on any atom is -0.497 e. The third-order valence-corrected chi connectivity index (χ3v) is 13.2. The van der Waals surface area contributed by atoms with Gasteiger partial charge in [0.15, 0.2) is 11.9 Å². The number of cyclic esters (lactones) is 1. The summed E-state index contributed by atoms with van der Waals surface area (Å²) >= 11 is 0. The summed E-state index contributed by atoms with van der Waals surface area (Å²) in [6.45, 7) is 18.3. The Hall–Kier alpha value is -6.08. The fourth-order valence-corrected chi connectivity index (χ4v) is 8.06. The van der Waals surface area contributed by atoms with Crippen molar-refractivity contribution in [3.05, 3.63) is 29.8 Å². The Bertz CT molecular complexity index is 2040. The van der Waals surface area contributed by atoms with Crippen molar-refractivity contribution in [1.82, 2.24) is 41.3 Å². The average molecular weight is 985 g/mol. The van der Waals surface area contributed by atoms with Crippen LogP contribution in [0.1, 0.15) is 108 Å². The summed E-state index contributed by atoms with van der Waals surface area (Å²) < 4.78 is 11.0. The minimum absolute atomic E-state index is 0.0330. The Morgan fingerprint density at radius 1 is 0.700 bits per heavy atom. The summed E-state index contributed by atoms with van der Waals surface area (Å²) in [7, 11) is 5.72. The lowest BCUT2D eigenvalue weighted by Gasteiger charge is -2.37. The van der Waals surface area contributed by atoms with Crippen molar-refractivity contribution in [2.24, 2.45) is 29.1 Å². The van der Waals surface area contributed by atoms with E-state index in [9.17, 15) is 47.9 Å². The zero-order chi connectivity index (χ0) is 53.5. The zero-order valence-corrected chi connectivity index (χ0v) is 44.1. The van der Waals surface area contributed by atoms with Crippen LogP contribution in [0.4, 0.5) is 0 Å². The quantitative estimate of drug-likeness (QED) is 0.175. The molecule has 1 aliphatic rings. The zero-order valence-electron chi connectivity index (χ0n) is 44.1. The van der Waals surface area contributed by atoms with E-state index in [4.69, 9.17) is 9.47 Å². The van der Waals surface area contributed by atoms with E-state index in [-0.39, 0.29) is 25.2 Å². The van der Waals surface area contributed by atoms with Gasteiger partial charge in [-0.15, -0.1) is 0 Å². The van der Waals surface area contributed by atoms with Crippen LogP contribution in [0.5, 0.6) is 5.75 Å². The van der Waals surface area contributed by atoms with Gasteiger partial charge in [0.1, 0.15) is 35.3 Å². The molecule has 2 rings (SSSR count). The number of esters is 1. The van der Waals surface area contributed by atoms with Crippen molar-refractivity contribution >= 4 is 59.0 Å². The number of Topliss-reactive ketones (excluding diaryl/α,β-unsaturated/α-hetero) is 1. The number of nitrogens with zero attached hydrogens (tertiary/aromatic N) is 3. The first-order valence-corrected chi connectivity index (χ1v) is 24.2. The smallest absolute Gasteiger partial charge is 0.311 e. The molecule has 70 heavy (non-hydrogen) atoms. The van der Waals surface area contributed by atoms with Crippen molar-refractivity contribution in [2.45, 2.75) is 151 Å². The first-order valence-electron chi connectivity index (χ1n) is 24.2. The summed E-state index contributed by atoms with van der Waals surface area (Å²) in [4.78, 5) is 142. The Morgan fingerprint density at radius 2 is 1.26 bits per heavy atom. The minimum atomic E-state index is -1.79. The lowest BCUT2D eigenvalue weighted by molar-refractivity contribution is -0.163. The highest BCUT2D eigenvalue weighted by atomic mass is 16.5. The van der Waals surface area contributed by atoms with Crippen LogP contribution in [-0.4, -0.2) is 157 Å². The molecule has 1 aromatic carbocycles. The molecule has 20 nitrogen and oxygen atoms in total. The number of methoxy groups -OCH3 is 1. The highest BCUT2D eigenvalue weighted by Crippen LogP contribution is 2.23. The first-order chi connectivity index (χ1) is 32.5. The number of carbonyl (C=O) groups is 10. The van der Waals surface area contributed by atoms with E-state index in [0.29, 0.717) is 17.7 Å². The third kappa shape index (κ3) is 16.0. The van der Waals surface area contributed by atoms with Gasteiger partial charge in [0, 0.05) is 39.5 Å². The number of hydrogen-bond acceptors (Lipinski definition) is 12. The van der Waals surface area contributed by atoms with Gasteiger partial charge < -0.3 is 50.8 Å². The van der Waals surface area contributed by atoms with Crippen LogP contribution < -0.4 is 31.3 Å². The summed E-state index contributed by atoms with van der Waals surface area (Å²) in [5.41, 5.74) is -1.16. The van der Waals surface area contributed by atoms with Gasteiger partial charge in [-0.2, -0.15) is 0 Å². The van der Waals surface area contributed by atoms with Crippen molar-refractivity contribution in [2.75, 3.05) is 41.3 Å². The summed E-state index contributed by atoms with van der Waals surface area (Å²) in [6, 6.07) is 0.0574. The van der Waals surface area contributed by atoms with E-state index in [2.05, 4.69) is 26.6 Å². The molecule has 0 spiro atoms. The molecule has 392 valence electrons. The molecule has 0 aromatic heterocycles. The van der Waals surface area contributed by atoms with E-state index in [1.54, 1.807) is 58.9 Å². The van der Waals surface area contributed by atoms with Gasteiger partial charge in [0.2, 0.25) is 41.4 Å². The number of ketones is 1. The molecule has 1 aliphatic heterocycles. The predicted molar refractivity (Wildman–Crippen MR) is 261 cm³/mol. The van der Waals surface area contributed by atoms with Gasteiger partial charge in [-0.25, -0.2) is 0 Å². The largest absolute Gasteiger partial charge is 0.497 e. The van der Waals surface area contributed by atoms with Crippen LogP contribution >= 0.6 is 0 Å². The number of benzene rings is 1. The molecule has 0 unspecified atom stereocenters. The van der Waals surface area contributed by atoms with E-state index in [1.165, 1.54) is 77.6 Å². The van der Waals surface area contributed by atoms with E-state index in [1.807, 2.05) is 13.8 Å². The first kappa shape index (κ1) is 60.0. The molecule has 0 radical (unpaired) electrons. The summed E-state index contributed by atoms with van der Waals surface area (Å²) in [5.74, 6) is -8.57. The van der Waals surface area contributed by atoms with Crippen molar-refractivity contribution < 1.29 is 57.4 Å². The molecule has 0 saturated carbocycles. The van der Waals surface area contributed by atoms with Crippen LogP contribution in [0.2, 0.25) is 0 Å². The molecule has 0 bridgehead atoms. The van der Waals surface area contributed by atoms with Gasteiger partial charge in [0.05, 0.1) is 32.2 Å². The second-order valence-electron chi connectivity index (χ2n) is 19.8. The number of rotatable bonds is 9. The van der Waals surface area contributed by atoms with E-state index >= 15 is 0 Å². The van der Waals surface area contributed by atoms with Crippen LogP contribution in [-0.2, 0) is 59.1 Å². The number of carbonyl (C=O) groups excluding carboxylic acids is 10. The Kier molecular flexibility index (Phi) is 23.0. The lowest BCUT2D eigenvalue weighted by atomic mass is 9.83. The van der Waals surface area contributed by atoms with Gasteiger partial charge in [0.25, 0.3) is 5.91 Å². The number of ether oxygens (including phenoxy) is 2. The number of nitrogens with one attached hydrogen (secondary N) is 5. The summed E-state index contributed by atoms with van der Waals surface area (Å²) in [5, 5.41) is 13.2. The van der Waals surface area contributed by atoms with E-state index < -0.39 is 138 Å². The van der Waals surface area contributed by atoms with Crippen LogP contribution in [0.25, 0.3) is 0 Å². The molecule has 1 saturated heterocycles. The van der Waals surface area contributed by atoms with Gasteiger partial charge in [-0.05, 0) is 83.4 Å². The standard InChI is InChI=1S/C50H80N8O12/c1-17-29(7)41-46(65)52-25-38(59)56(13)36(23-27(3)4)44(63)51-26-39(60)58(15)40(28(5)6)47(66)57(14)37(24-33-19-21-34(69-16)22-20-33)45(64)53-31(9)42(61)50(11,12)49(68)54-32(10)43(62)55-35(18-2)30(8)48(67)70-41/h19-22,27-32,35-37,40-41H,17-18,23-26H2,1-16H3,(H,51,63)(H,52,65)(H,53,64)(H,54,68)(H,55,62)/t29-,30+,31-,32-,35-,36+,37+,40+,41-/m0/s1. The molecular weight excluding hydrogens is 905 g/mol. The molecule has 8 amide bonds. The highest BCUT2D eigenvalue weighted by molar-refractivity contribution is 6.09. The second kappa shape index (κ2) is 26.8. The monoisotopic (exact) mass is 985 g/mol. The molecular formula is C50H80N8O12. The fraction of sp³-hybridized carbons (Fsp3) is 0.680. The van der Waals surface area contributed by atoms with Gasteiger partial charge in [-0.1, -0.05) is 60.6 Å². The third-order valence-electron chi connectivity index (χ3n) is 13.2. The molecule has 1 fully saturated rings. The normalized spacial score (nSPS) is 26.7. The maximum atomic E-state index is 14.6. The Morgan fingerprint density at radius 3 is 1.77 bits per heavy atom. The molecule has 5 N–H and O–H groups in total. The maximum absolute atomic E-state index is 14.6. The predicted octanol–water partition coefficient (Wildman–Crippen LogP) is 1.76. The highest BCUT2D eigenvalue weighted by Gasteiger charge is 2.43. The second-order valence-corrected chi connectivity index (χ2v) is 19.8. The Labute approximate surface area is 413 Å². The SMILES string of the molecule is CC[C@@H]1NC(=O)[C@H](C)NC(=O)C(C)(C)C(=O)[C@H](C)NC(=O)[C@@H](Cc2ccc(OC)cc2)N(C)C(=O)[C@@H](C(C)C)N(C)C(=O)CNC(=O)[C@@H](CC(C)C)N(C)C(=O)CNC(=O)[C@H]([C@@H](C)CC)OC(=O)[C@@H]1C. The molecule has 1 heterocycles. The summed E-state index contributed by atoms with van der Waals surface area (Å²) in [6.07, 6.45) is -0.501. The Balaban J connectivity index is 2.68. The number of hydrogen-bond donors (Lipinski definition) is 5. The van der Waals surface area contributed by atoms with Crippen molar-refractivity contribution in [3.8, 4) is 5.75 Å². The van der Waals surface area contributed by atoms with Crippen LogP contribution in [0, 0.1) is 29.1 Å². The average Bonchev–Trinajstić information content (AvgIpc) is 3.31. The topological polar surface area (TPSA) is 259 Å². The molecule has 0 aliphatic carbocycles. The number of likely N-dealkylation sites (N-methyl/N-ethyl adjacent to an activating group) is 3. The van der Waals surface area contributed by atoms with Gasteiger partial charge >= 0.3 is 5.97 Å². The lowest BCUT2D eigenvalue weighted by Crippen LogP contribution is -2.60. The number of amides is 8. The fourth-order valence-electron chi connectivity index (χ4n) is 8.06. The van der Waals surface area contributed by atoms with Crippen LogP contribution in [0.3, 0.4) is 0 Å². The van der Waals surface area contributed by atoms with Crippen molar-refractivity contribution in [1.29, 1.82) is 0 Å². The molecule has 1 aromatic rings. The van der Waals surface area contributed by atoms with Crippen molar-refractivity contribution in [3.63, 3.8) is 0 Å². The van der Waals surface area contributed by atoms with Gasteiger partial charge in [-0.3, -0.25) is 47.9 Å². The van der Waals surface area contributed by atoms with Crippen LogP contribution in [0.15, 0.2) is 24.3 Å². The molecule has 20 heteroatoms. The molecule has 9 atom stereocenters. The maximum Gasteiger partial charge on any atom is 0.311 e.